The summed E-state index contributed by atoms with van der Waals surface area (Å²) < 4.78 is 0. The van der Waals surface area contributed by atoms with Gasteiger partial charge in [-0.25, -0.2) is 0 Å². The van der Waals surface area contributed by atoms with Crippen molar-refractivity contribution in [3.8, 4) is 0 Å². The Balaban J connectivity index is 3.03. The van der Waals surface area contributed by atoms with Crippen LogP contribution in [0.3, 0.4) is 0 Å². The van der Waals surface area contributed by atoms with Crippen LogP contribution in [0.4, 0.5) is 0 Å². The maximum absolute atomic E-state index is 11.8. The molecule has 9 nitrogen and oxygen atoms in total. The number of hydrogen-bond donors (Lipinski definition) is 0. The minimum absolute atomic E-state index is 0.115. The van der Waals surface area contributed by atoms with Crippen molar-refractivity contribution in [3.05, 3.63) is 35.4 Å². The molecule has 9 heteroatoms. The third-order valence-electron chi connectivity index (χ3n) is 3.31. The van der Waals surface area contributed by atoms with Gasteiger partial charge in [0.2, 0.25) is 0 Å². The molecule has 0 aromatic heterocycles. The van der Waals surface area contributed by atoms with Gasteiger partial charge < -0.3 is 19.4 Å². The van der Waals surface area contributed by atoms with E-state index in [2.05, 4.69) is 20.6 Å². The van der Waals surface area contributed by atoms with Gasteiger partial charge in [-0.15, -0.1) is 0 Å². The molecule has 0 aliphatic carbocycles. The van der Waals surface area contributed by atoms with E-state index in [0.717, 1.165) is 5.56 Å². The minimum Gasteiger partial charge on any atom is -0.399 e. The Hall–Kier alpha value is -3.23. The maximum atomic E-state index is 11.8. The molecule has 0 spiro atoms. The van der Waals surface area contributed by atoms with Crippen LogP contribution in [0.2, 0.25) is 0 Å². The largest absolute Gasteiger partial charge is 0.399 e. The second kappa shape index (κ2) is 11.4. The van der Waals surface area contributed by atoms with Crippen molar-refractivity contribution >= 4 is 28.6 Å². The number of ketones is 1. The monoisotopic (exact) mass is 376 g/mol. The lowest BCUT2D eigenvalue weighted by atomic mass is 10.0. The molecular formula is C18H24N4O5. The SMILES string of the molecule is CO\N=C(C)/C(=N\OC)C(/C)=N/OCc1ccccc1/C(=N\OC)C(C)=O. The van der Waals surface area contributed by atoms with Crippen molar-refractivity contribution < 1.29 is 24.1 Å². The molecule has 0 amide bonds. The Morgan fingerprint density at radius 3 is 2.04 bits per heavy atom. The normalized spacial score (nSPS) is 13.3. The highest BCUT2D eigenvalue weighted by molar-refractivity contribution is 6.67. The molecule has 1 aromatic rings. The van der Waals surface area contributed by atoms with Crippen LogP contribution < -0.4 is 0 Å². The van der Waals surface area contributed by atoms with Crippen LogP contribution in [0.1, 0.15) is 31.9 Å². The molecule has 0 saturated heterocycles. The molecule has 0 heterocycles. The van der Waals surface area contributed by atoms with Gasteiger partial charge in [-0.1, -0.05) is 44.9 Å². The number of rotatable bonds is 10. The van der Waals surface area contributed by atoms with Gasteiger partial charge in [0.1, 0.15) is 39.4 Å². The summed E-state index contributed by atoms with van der Waals surface area (Å²) in [5, 5.41) is 15.5. The summed E-state index contributed by atoms with van der Waals surface area (Å²) in [4.78, 5) is 31.6. The third kappa shape index (κ3) is 6.53. The topological polar surface area (TPSA) is 103 Å². The summed E-state index contributed by atoms with van der Waals surface area (Å²) in [6, 6.07) is 7.21. The first-order valence-corrected chi connectivity index (χ1v) is 8.02. The number of nitrogens with zero attached hydrogens (tertiary/aromatic N) is 4. The molecule has 0 atom stereocenters. The molecule has 0 radical (unpaired) electrons. The van der Waals surface area contributed by atoms with Gasteiger partial charge in [0, 0.05) is 18.1 Å². The number of Topliss-reactive ketones (excluding diaryl/α,β-unsaturated/α-hetero) is 1. The lowest BCUT2D eigenvalue weighted by Gasteiger charge is -2.09. The van der Waals surface area contributed by atoms with Gasteiger partial charge in [-0.05, 0) is 13.8 Å². The van der Waals surface area contributed by atoms with Crippen molar-refractivity contribution in [1.29, 1.82) is 0 Å². The lowest BCUT2D eigenvalue weighted by Crippen LogP contribution is -2.21. The predicted molar refractivity (Wildman–Crippen MR) is 103 cm³/mol. The van der Waals surface area contributed by atoms with Crippen LogP contribution in [0.15, 0.2) is 44.9 Å². The Bertz CT molecular complexity index is 769. The van der Waals surface area contributed by atoms with E-state index in [0.29, 0.717) is 22.7 Å². The molecule has 146 valence electrons. The van der Waals surface area contributed by atoms with E-state index in [4.69, 9.17) is 19.4 Å². The van der Waals surface area contributed by atoms with E-state index in [1.54, 1.807) is 26.0 Å². The molecule has 1 aromatic carbocycles. The molecule has 0 unspecified atom stereocenters. The summed E-state index contributed by atoms with van der Waals surface area (Å²) in [7, 11) is 4.24. The molecule has 0 bridgehead atoms. The number of carbonyl (C=O) groups is 1. The molecule has 27 heavy (non-hydrogen) atoms. The molecular weight excluding hydrogens is 352 g/mol. The van der Waals surface area contributed by atoms with Crippen LogP contribution >= 0.6 is 0 Å². The molecule has 0 aliphatic rings. The minimum atomic E-state index is -0.218. The average Bonchev–Trinajstić information content (AvgIpc) is 2.64. The number of oxime groups is 4. The van der Waals surface area contributed by atoms with Gasteiger partial charge in [0.15, 0.2) is 17.2 Å². The maximum Gasteiger partial charge on any atom is 0.182 e. The zero-order chi connectivity index (χ0) is 20.2. The first-order chi connectivity index (χ1) is 13.0. The summed E-state index contributed by atoms with van der Waals surface area (Å²) in [6.45, 7) is 4.94. The summed E-state index contributed by atoms with van der Waals surface area (Å²) in [5.41, 5.74) is 2.87. The van der Waals surface area contributed by atoms with E-state index < -0.39 is 0 Å². The van der Waals surface area contributed by atoms with E-state index in [-0.39, 0.29) is 18.1 Å². The second-order valence-electron chi connectivity index (χ2n) is 5.27. The van der Waals surface area contributed by atoms with Gasteiger partial charge in [-0.3, -0.25) is 4.79 Å². The van der Waals surface area contributed by atoms with Gasteiger partial charge in [-0.2, -0.15) is 0 Å². The first kappa shape index (κ1) is 21.8. The smallest absolute Gasteiger partial charge is 0.182 e. The molecule has 0 fully saturated rings. The summed E-state index contributed by atoms with van der Waals surface area (Å²) in [5.74, 6) is -0.218. The van der Waals surface area contributed by atoms with Crippen molar-refractivity contribution in [2.45, 2.75) is 27.4 Å². The van der Waals surface area contributed by atoms with Crippen LogP contribution in [0.25, 0.3) is 0 Å². The standard InChI is InChI=1S/C18H24N4O5/c1-12(19-24-4)17(21-25-5)13(2)20-27-11-15-9-7-8-10-16(15)18(14(3)23)22-26-6/h7-10H,11H2,1-6H3/b19-12-,20-13+,21-17+,22-18-. The van der Waals surface area contributed by atoms with E-state index >= 15 is 0 Å². The zero-order valence-electron chi connectivity index (χ0n) is 16.3. The number of benzene rings is 1. The van der Waals surface area contributed by atoms with E-state index in [1.807, 2.05) is 12.1 Å². The second-order valence-corrected chi connectivity index (χ2v) is 5.27. The van der Waals surface area contributed by atoms with Crippen LogP contribution in [-0.2, 0) is 30.8 Å². The fraction of sp³-hybridized carbons (Fsp3) is 0.389. The van der Waals surface area contributed by atoms with E-state index in [9.17, 15) is 4.79 Å². The number of carbonyl (C=O) groups excluding carboxylic acids is 1. The zero-order valence-corrected chi connectivity index (χ0v) is 16.3. The van der Waals surface area contributed by atoms with Gasteiger partial charge >= 0.3 is 0 Å². The van der Waals surface area contributed by atoms with Gasteiger partial charge in [0.05, 0.1) is 0 Å². The molecule has 0 aliphatic heterocycles. The first-order valence-electron chi connectivity index (χ1n) is 8.02. The summed E-state index contributed by atoms with van der Waals surface area (Å²) >= 11 is 0. The Labute approximate surface area is 158 Å². The Morgan fingerprint density at radius 1 is 0.852 bits per heavy atom. The highest BCUT2D eigenvalue weighted by Crippen LogP contribution is 2.13. The van der Waals surface area contributed by atoms with Crippen LogP contribution in [-0.4, -0.2) is 50.0 Å². The quantitative estimate of drug-likeness (QED) is 0.461. The molecule has 0 N–H and O–H groups in total. The highest BCUT2D eigenvalue weighted by atomic mass is 16.6. The van der Waals surface area contributed by atoms with Gasteiger partial charge in [0.25, 0.3) is 0 Å². The molecule has 0 saturated carbocycles. The highest BCUT2D eigenvalue weighted by Gasteiger charge is 2.15. The summed E-state index contributed by atoms with van der Waals surface area (Å²) in [6.07, 6.45) is 0. The number of hydrogen-bond acceptors (Lipinski definition) is 9. The van der Waals surface area contributed by atoms with Crippen molar-refractivity contribution in [3.63, 3.8) is 0 Å². The van der Waals surface area contributed by atoms with Crippen LogP contribution in [0.5, 0.6) is 0 Å². The van der Waals surface area contributed by atoms with Crippen molar-refractivity contribution in [1.82, 2.24) is 0 Å². The lowest BCUT2D eigenvalue weighted by molar-refractivity contribution is -0.111. The molecule has 1 rings (SSSR count). The Kier molecular flexibility index (Phi) is 9.21. The van der Waals surface area contributed by atoms with Crippen molar-refractivity contribution in [2.75, 3.05) is 21.3 Å². The fourth-order valence-corrected chi connectivity index (χ4v) is 2.18. The van der Waals surface area contributed by atoms with Crippen molar-refractivity contribution in [2.24, 2.45) is 20.6 Å². The Morgan fingerprint density at radius 2 is 1.44 bits per heavy atom. The average molecular weight is 376 g/mol. The third-order valence-corrected chi connectivity index (χ3v) is 3.31. The van der Waals surface area contributed by atoms with E-state index in [1.165, 1.54) is 28.3 Å². The van der Waals surface area contributed by atoms with Crippen LogP contribution in [0, 0.1) is 0 Å². The fourth-order valence-electron chi connectivity index (χ4n) is 2.18. The predicted octanol–water partition coefficient (Wildman–Crippen LogP) is 2.54.